The largest absolute Gasteiger partial charge is 1.00 e. The Hall–Kier alpha value is -1.57. The van der Waals surface area contributed by atoms with E-state index < -0.39 is 6.10 Å². The number of hydrogen-bond acceptors (Lipinski definition) is 6. The second kappa shape index (κ2) is 21.0. The van der Waals surface area contributed by atoms with Crippen molar-refractivity contribution in [3.05, 3.63) is 61.5 Å². The third-order valence-corrected chi connectivity index (χ3v) is 4.53. The van der Waals surface area contributed by atoms with Gasteiger partial charge in [0.05, 0.1) is 13.2 Å². The van der Waals surface area contributed by atoms with Crippen LogP contribution in [0.1, 0.15) is 24.8 Å². The molecule has 8 heteroatoms. The third-order valence-electron chi connectivity index (χ3n) is 4.53. The van der Waals surface area contributed by atoms with Crippen LogP contribution >= 0.6 is 0 Å². The molecule has 0 bridgehead atoms. The van der Waals surface area contributed by atoms with Gasteiger partial charge < -0.3 is 32.7 Å². The number of carbonyl (C=O) groups is 1. The van der Waals surface area contributed by atoms with Gasteiger partial charge in [0.1, 0.15) is 6.10 Å². The molecule has 2 aromatic carbocycles. The van der Waals surface area contributed by atoms with Crippen molar-refractivity contribution < 1.29 is 70.4 Å². The number of primary amides is 1. The van der Waals surface area contributed by atoms with Gasteiger partial charge in [-0.3, -0.25) is 11.6 Å². The molecular formula is C25H32KN3O4-2. The summed E-state index contributed by atoms with van der Waals surface area (Å²) in [6, 6.07) is 19.3. The van der Waals surface area contributed by atoms with Gasteiger partial charge in [-0.2, -0.15) is 17.4 Å². The van der Waals surface area contributed by atoms with E-state index in [-0.39, 0.29) is 64.7 Å². The van der Waals surface area contributed by atoms with E-state index in [1.165, 1.54) is 5.56 Å². The van der Waals surface area contributed by atoms with Gasteiger partial charge in [0, 0.05) is 25.3 Å². The summed E-state index contributed by atoms with van der Waals surface area (Å²) in [4.78, 5) is 18.4. The number of amides is 1. The van der Waals surface area contributed by atoms with Gasteiger partial charge in [-0.1, -0.05) is 29.8 Å². The molecule has 1 fully saturated rings. The van der Waals surface area contributed by atoms with E-state index in [4.69, 9.17) is 25.3 Å². The Morgan fingerprint density at radius 3 is 2.45 bits per heavy atom. The fraction of sp³-hybridized carbons (Fsp3) is 0.360. The number of ether oxygens (including phenoxy) is 2. The number of methoxy groups -OCH3 is 1. The first-order valence-electron chi connectivity index (χ1n) is 10.0. The summed E-state index contributed by atoms with van der Waals surface area (Å²) in [5.74, 6) is 0.365. The molecule has 0 aliphatic carbocycles. The molecule has 0 saturated carbocycles. The molecular weight excluding hydrogens is 445 g/mol. The van der Waals surface area contributed by atoms with E-state index in [0.29, 0.717) is 19.6 Å². The van der Waals surface area contributed by atoms with Gasteiger partial charge in [-0.05, 0) is 31.4 Å². The average Bonchev–Trinajstić information content (AvgIpc) is 2.79. The Labute approximate surface area is 240 Å². The van der Waals surface area contributed by atoms with E-state index in [2.05, 4.69) is 48.5 Å². The van der Waals surface area contributed by atoms with Gasteiger partial charge in [-0.15, -0.1) is 17.7 Å². The summed E-state index contributed by atoms with van der Waals surface area (Å²) < 4.78 is 10.3. The number of hydrogen-bond donors (Lipinski definition) is 2. The molecule has 0 spiro atoms. The number of nitrogens with two attached hydrogens (primary N) is 1. The summed E-state index contributed by atoms with van der Waals surface area (Å²) in [6.07, 6.45) is 3.04. The maximum absolute atomic E-state index is 10.7. The number of nitriles is 1. The maximum atomic E-state index is 10.7. The molecule has 1 saturated heterocycles. The minimum atomic E-state index is -0.435. The van der Waals surface area contributed by atoms with E-state index in [1.807, 2.05) is 18.2 Å². The zero-order valence-electron chi connectivity index (χ0n) is 19.8. The summed E-state index contributed by atoms with van der Waals surface area (Å²) in [5.41, 5.74) is 8.54. The van der Waals surface area contributed by atoms with Crippen molar-refractivity contribution in [2.45, 2.75) is 31.8 Å². The quantitative estimate of drug-likeness (QED) is 0.357. The van der Waals surface area contributed by atoms with Crippen molar-refractivity contribution >= 4 is 12.7 Å². The zero-order valence-corrected chi connectivity index (χ0v) is 22.9. The van der Waals surface area contributed by atoms with Crippen LogP contribution in [0.3, 0.4) is 0 Å². The molecule has 0 unspecified atom stereocenters. The molecule has 1 aliphatic heterocycles. The summed E-state index contributed by atoms with van der Waals surface area (Å²) in [7, 11) is 1.63. The number of benzene rings is 2. The average molecular weight is 478 g/mol. The summed E-state index contributed by atoms with van der Waals surface area (Å²) >= 11 is 0. The number of carbonyl (C=O) groups excluding carboxylic acids is 2. The normalized spacial score (nSPS) is 14.5. The Balaban J connectivity index is 0. The van der Waals surface area contributed by atoms with Crippen LogP contribution in [-0.2, 0) is 20.7 Å². The van der Waals surface area contributed by atoms with Crippen molar-refractivity contribution in [3.8, 4) is 22.9 Å². The number of nitrogens with zero attached hydrogens (tertiary/aromatic N) is 1. The molecule has 3 rings (SSSR count). The molecule has 3 N–H and O–H groups in total. The van der Waals surface area contributed by atoms with Crippen LogP contribution < -0.4 is 67.2 Å². The van der Waals surface area contributed by atoms with Crippen LogP contribution in [-0.4, -0.2) is 45.6 Å². The van der Waals surface area contributed by atoms with Gasteiger partial charge in [0.2, 0.25) is 5.91 Å². The van der Waals surface area contributed by atoms with E-state index in [9.17, 15) is 4.79 Å². The fourth-order valence-corrected chi connectivity index (χ4v) is 2.83. The number of nitrogens with one attached hydrogen (secondary N) is 1. The summed E-state index contributed by atoms with van der Waals surface area (Å²) in [5, 5.41) is 11.6. The van der Waals surface area contributed by atoms with E-state index >= 15 is 0 Å². The number of aryl methyl sites for hydroxylation is 1. The van der Waals surface area contributed by atoms with Crippen molar-refractivity contribution in [2.75, 3.05) is 26.8 Å². The molecule has 1 amide bonds. The Kier molecular flexibility index (Phi) is 21.4. The minimum Gasteiger partial charge on any atom is -0.545 e. The summed E-state index contributed by atoms with van der Waals surface area (Å²) in [6.45, 7) is 5.40. The van der Waals surface area contributed by atoms with Crippen LogP contribution in [0, 0.1) is 24.8 Å². The topological polar surface area (TPSA) is 114 Å². The van der Waals surface area contributed by atoms with E-state index in [0.717, 1.165) is 42.7 Å². The van der Waals surface area contributed by atoms with Crippen LogP contribution in [0.2, 0.25) is 0 Å². The molecule has 1 aliphatic rings. The standard InChI is InChI=1S/C16H14NO.C7H14N2O2.CHO.CH3.K/c1-18-16-10-8-15(9-11-16)14-6-4-13(5-7-14)3-2-12-17;8-7(10)6-5-9-3-1-2-4-11-6;1-2;;/h4-10H,2-3H2,1H3;6,9H,1-5H2,(H2,8,10);1H;1H3;/q-1;;2*-1;+1/t;6-;;;/m.0.../s1. The Morgan fingerprint density at radius 1 is 1.24 bits per heavy atom. The SMILES string of the molecule is COc1[c-]cc(-c2ccc(CCC#N)cc2)cc1.NC(=O)[C@@H]1CNCCCCO1.[CH-]=O.[CH3-].[K+]. The zero-order chi connectivity index (χ0) is 22.9. The van der Waals surface area contributed by atoms with Gasteiger partial charge in [0.25, 0.3) is 0 Å². The molecule has 0 aromatic heterocycles. The molecule has 174 valence electrons. The Morgan fingerprint density at radius 2 is 1.91 bits per heavy atom. The second-order valence-corrected chi connectivity index (χ2v) is 6.67. The molecule has 1 atom stereocenters. The van der Waals surface area contributed by atoms with Crippen LogP contribution in [0.5, 0.6) is 5.75 Å². The smallest absolute Gasteiger partial charge is 0.545 e. The van der Waals surface area contributed by atoms with Crippen LogP contribution in [0.15, 0.2) is 42.5 Å². The molecule has 7 nitrogen and oxygen atoms in total. The van der Waals surface area contributed by atoms with Gasteiger partial charge in [-0.25, -0.2) is 0 Å². The van der Waals surface area contributed by atoms with Gasteiger partial charge in [0.15, 0.2) is 0 Å². The predicted molar refractivity (Wildman–Crippen MR) is 125 cm³/mol. The molecule has 2 aromatic rings. The first-order valence-corrected chi connectivity index (χ1v) is 10.0. The first-order chi connectivity index (χ1) is 15.1. The van der Waals surface area contributed by atoms with Crippen molar-refractivity contribution in [1.29, 1.82) is 5.26 Å². The van der Waals surface area contributed by atoms with Crippen molar-refractivity contribution in [1.82, 2.24) is 5.32 Å². The van der Waals surface area contributed by atoms with E-state index in [1.54, 1.807) is 7.11 Å². The monoisotopic (exact) mass is 477 g/mol. The van der Waals surface area contributed by atoms with Crippen molar-refractivity contribution in [2.24, 2.45) is 5.73 Å². The minimum absolute atomic E-state index is 0. The second-order valence-electron chi connectivity index (χ2n) is 6.67. The van der Waals surface area contributed by atoms with Crippen LogP contribution in [0.4, 0.5) is 0 Å². The number of rotatable bonds is 5. The predicted octanol–water partition coefficient (Wildman–Crippen LogP) is 0.0391. The molecule has 33 heavy (non-hydrogen) atoms. The third kappa shape index (κ3) is 13.7. The van der Waals surface area contributed by atoms with Crippen LogP contribution in [0.25, 0.3) is 11.1 Å². The Bertz CT molecular complexity index is 800. The maximum Gasteiger partial charge on any atom is 1.00 e. The van der Waals surface area contributed by atoms with Gasteiger partial charge >= 0.3 is 51.4 Å². The van der Waals surface area contributed by atoms with Crippen molar-refractivity contribution in [3.63, 3.8) is 0 Å². The molecule has 1 heterocycles. The fourth-order valence-electron chi connectivity index (χ4n) is 2.83. The molecule has 0 radical (unpaired) electrons. The first kappa shape index (κ1) is 33.6.